The first-order chi connectivity index (χ1) is 13.1. The summed E-state index contributed by atoms with van der Waals surface area (Å²) in [5, 5.41) is 0. The first-order valence-corrected chi connectivity index (χ1v) is 9.86. The van der Waals surface area contributed by atoms with E-state index in [0.717, 1.165) is 43.9 Å². The number of piperidine rings is 1. The summed E-state index contributed by atoms with van der Waals surface area (Å²) in [5.74, 6) is 1.36. The molecule has 1 fully saturated rings. The van der Waals surface area contributed by atoms with Gasteiger partial charge in [0, 0.05) is 25.3 Å². The van der Waals surface area contributed by atoms with Crippen LogP contribution in [0.5, 0.6) is 11.5 Å². The number of nitrogens with one attached hydrogen (secondary N) is 1. The zero-order valence-electron chi connectivity index (χ0n) is 16.0. The minimum atomic E-state index is -0.220. The predicted molar refractivity (Wildman–Crippen MR) is 101 cm³/mol. The SMILES string of the molecule is CCCN(C[C@@H]1COc2ccccc2O1)C(=O)C[NH+]1CCC(C(N)=O)CC1. The van der Waals surface area contributed by atoms with E-state index in [2.05, 4.69) is 6.92 Å². The Morgan fingerprint density at radius 2 is 1.93 bits per heavy atom. The van der Waals surface area contributed by atoms with E-state index in [1.807, 2.05) is 29.2 Å². The van der Waals surface area contributed by atoms with Crippen LogP contribution in [0.25, 0.3) is 0 Å². The number of carbonyl (C=O) groups excluding carboxylic acids is 2. The Morgan fingerprint density at radius 1 is 1.22 bits per heavy atom. The summed E-state index contributed by atoms with van der Waals surface area (Å²) in [7, 11) is 0. The minimum Gasteiger partial charge on any atom is -0.486 e. The standard InChI is InChI=1S/C20H29N3O4/c1-2-9-23(12-16-14-26-17-5-3-4-6-18(17)27-16)19(24)13-22-10-7-15(8-11-22)20(21)25/h3-6,15-16H,2,7-14H2,1H3,(H2,21,25)/p+1/t16-/m1/s1. The molecule has 7 nitrogen and oxygen atoms in total. The Labute approximate surface area is 160 Å². The van der Waals surface area contributed by atoms with Crippen molar-refractivity contribution >= 4 is 11.8 Å². The number of nitrogens with zero attached hydrogens (tertiary/aromatic N) is 1. The molecule has 3 rings (SSSR count). The van der Waals surface area contributed by atoms with Gasteiger partial charge in [-0.3, -0.25) is 9.59 Å². The third-order valence-corrected chi connectivity index (χ3v) is 5.33. The molecule has 7 heteroatoms. The molecule has 3 N–H and O–H groups in total. The molecule has 148 valence electrons. The lowest BCUT2D eigenvalue weighted by Crippen LogP contribution is -3.14. The minimum absolute atomic E-state index is 0.0385. The Morgan fingerprint density at radius 3 is 2.59 bits per heavy atom. The fraction of sp³-hybridized carbons (Fsp3) is 0.600. The van der Waals surface area contributed by atoms with Crippen molar-refractivity contribution in [1.29, 1.82) is 0 Å². The van der Waals surface area contributed by atoms with Crippen LogP contribution in [0.3, 0.4) is 0 Å². The van der Waals surface area contributed by atoms with Crippen LogP contribution in [-0.4, -0.2) is 62.1 Å². The van der Waals surface area contributed by atoms with Gasteiger partial charge in [-0.1, -0.05) is 19.1 Å². The Kier molecular flexibility index (Phi) is 6.55. The van der Waals surface area contributed by atoms with Crippen LogP contribution in [0.15, 0.2) is 24.3 Å². The molecule has 27 heavy (non-hydrogen) atoms. The summed E-state index contributed by atoms with van der Waals surface area (Å²) in [5.41, 5.74) is 5.39. The first kappa shape index (κ1) is 19.5. The predicted octanol–water partition coefficient (Wildman–Crippen LogP) is -0.155. The van der Waals surface area contributed by atoms with E-state index in [9.17, 15) is 9.59 Å². The number of para-hydroxylation sites is 2. The van der Waals surface area contributed by atoms with E-state index in [4.69, 9.17) is 15.2 Å². The lowest BCUT2D eigenvalue weighted by Gasteiger charge is -2.33. The largest absolute Gasteiger partial charge is 0.486 e. The van der Waals surface area contributed by atoms with Gasteiger partial charge in [0.1, 0.15) is 6.61 Å². The molecule has 0 bridgehead atoms. The Balaban J connectivity index is 1.53. The number of carbonyl (C=O) groups is 2. The number of primary amides is 1. The summed E-state index contributed by atoms with van der Waals surface area (Å²) in [6, 6.07) is 7.61. The van der Waals surface area contributed by atoms with E-state index in [-0.39, 0.29) is 23.8 Å². The third kappa shape index (κ3) is 5.13. The second-order valence-corrected chi connectivity index (χ2v) is 7.44. The summed E-state index contributed by atoms with van der Waals surface area (Å²) in [6.07, 6.45) is 2.27. The Bertz CT molecular complexity index is 658. The molecule has 0 aliphatic carbocycles. The molecule has 0 saturated carbocycles. The highest BCUT2D eigenvalue weighted by molar-refractivity contribution is 5.77. The monoisotopic (exact) mass is 376 g/mol. The van der Waals surface area contributed by atoms with Crippen molar-refractivity contribution < 1.29 is 24.0 Å². The number of likely N-dealkylation sites (tertiary alicyclic amines) is 1. The van der Waals surface area contributed by atoms with Crippen molar-refractivity contribution in [2.45, 2.75) is 32.3 Å². The smallest absolute Gasteiger partial charge is 0.277 e. The third-order valence-electron chi connectivity index (χ3n) is 5.33. The molecule has 0 radical (unpaired) electrons. The van der Waals surface area contributed by atoms with Gasteiger partial charge in [0.25, 0.3) is 5.91 Å². The van der Waals surface area contributed by atoms with E-state index >= 15 is 0 Å². The fourth-order valence-corrected chi connectivity index (χ4v) is 3.80. The number of rotatable bonds is 7. The lowest BCUT2D eigenvalue weighted by atomic mass is 9.96. The molecule has 0 aromatic heterocycles. The molecule has 2 heterocycles. The van der Waals surface area contributed by atoms with Crippen LogP contribution in [0, 0.1) is 5.92 Å². The van der Waals surface area contributed by atoms with E-state index < -0.39 is 0 Å². The zero-order valence-corrected chi connectivity index (χ0v) is 16.0. The van der Waals surface area contributed by atoms with Crippen molar-refractivity contribution in [1.82, 2.24) is 4.90 Å². The maximum atomic E-state index is 12.9. The second kappa shape index (κ2) is 9.08. The number of ether oxygens (including phenoxy) is 2. The average molecular weight is 376 g/mol. The van der Waals surface area contributed by atoms with Gasteiger partial charge in [0.2, 0.25) is 5.91 Å². The molecule has 0 spiro atoms. The molecule has 1 aromatic rings. The quantitative estimate of drug-likeness (QED) is 0.693. The van der Waals surface area contributed by atoms with Crippen LogP contribution in [0.4, 0.5) is 0 Å². The van der Waals surface area contributed by atoms with Crippen LogP contribution in [0.2, 0.25) is 0 Å². The van der Waals surface area contributed by atoms with E-state index in [1.165, 1.54) is 4.90 Å². The van der Waals surface area contributed by atoms with Crippen molar-refractivity contribution in [3.63, 3.8) is 0 Å². The average Bonchev–Trinajstić information content (AvgIpc) is 2.68. The number of hydrogen-bond donors (Lipinski definition) is 2. The van der Waals surface area contributed by atoms with Gasteiger partial charge in [0.05, 0.1) is 19.6 Å². The van der Waals surface area contributed by atoms with E-state index in [0.29, 0.717) is 26.2 Å². The second-order valence-electron chi connectivity index (χ2n) is 7.44. The number of amides is 2. The van der Waals surface area contributed by atoms with E-state index in [1.54, 1.807) is 0 Å². The van der Waals surface area contributed by atoms with Crippen molar-refractivity contribution in [2.75, 3.05) is 39.3 Å². The van der Waals surface area contributed by atoms with Gasteiger partial charge in [-0.15, -0.1) is 0 Å². The topological polar surface area (TPSA) is 86.3 Å². The van der Waals surface area contributed by atoms with Crippen LogP contribution >= 0.6 is 0 Å². The molecule has 0 unspecified atom stereocenters. The normalized spacial score (nSPS) is 24.3. The zero-order chi connectivity index (χ0) is 19.2. The van der Waals surface area contributed by atoms with Gasteiger partial charge in [-0.25, -0.2) is 0 Å². The van der Waals surface area contributed by atoms with Crippen molar-refractivity contribution in [3.8, 4) is 11.5 Å². The van der Waals surface area contributed by atoms with Crippen LogP contribution < -0.4 is 20.1 Å². The van der Waals surface area contributed by atoms with Gasteiger partial charge in [-0.05, 0) is 18.6 Å². The first-order valence-electron chi connectivity index (χ1n) is 9.86. The van der Waals surface area contributed by atoms with Crippen molar-refractivity contribution in [3.05, 3.63) is 24.3 Å². The van der Waals surface area contributed by atoms with Gasteiger partial charge in [0.15, 0.2) is 24.1 Å². The number of fused-ring (bicyclic) bond motifs is 1. The summed E-state index contributed by atoms with van der Waals surface area (Å²) < 4.78 is 11.8. The number of nitrogens with two attached hydrogens (primary N) is 1. The van der Waals surface area contributed by atoms with Gasteiger partial charge < -0.3 is 25.0 Å². The highest BCUT2D eigenvalue weighted by Crippen LogP contribution is 2.31. The maximum absolute atomic E-state index is 12.9. The molecular weight excluding hydrogens is 346 g/mol. The Hall–Kier alpha value is -2.28. The highest BCUT2D eigenvalue weighted by atomic mass is 16.6. The molecular formula is C20H30N3O4+. The molecule has 2 aliphatic rings. The van der Waals surface area contributed by atoms with Crippen molar-refractivity contribution in [2.24, 2.45) is 11.7 Å². The maximum Gasteiger partial charge on any atom is 0.277 e. The number of benzene rings is 1. The highest BCUT2D eigenvalue weighted by Gasteiger charge is 2.30. The lowest BCUT2D eigenvalue weighted by molar-refractivity contribution is -0.898. The van der Waals surface area contributed by atoms with Gasteiger partial charge >= 0.3 is 0 Å². The molecule has 1 aromatic carbocycles. The fourth-order valence-electron chi connectivity index (χ4n) is 3.80. The molecule has 1 saturated heterocycles. The number of hydrogen-bond acceptors (Lipinski definition) is 4. The molecule has 2 aliphatic heterocycles. The van der Waals surface area contributed by atoms with Gasteiger partial charge in [-0.2, -0.15) is 0 Å². The molecule has 2 amide bonds. The summed E-state index contributed by atoms with van der Waals surface area (Å²) in [4.78, 5) is 27.3. The summed E-state index contributed by atoms with van der Waals surface area (Å²) >= 11 is 0. The number of quaternary nitrogens is 1. The van der Waals surface area contributed by atoms with Crippen LogP contribution in [-0.2, 0) is 9.59 Å². The summed E-state index contributed by atoms with van der Waals surface area (Å²) in [6.45, 7) is 5.83. The molecule has 1 atom stereocenters. The van der Waals surface area contributed by atoms with Crippen LogP contribution in [0.1, 0.15) is 26.2 Å².